The molecule has 11 heavy (non-hydrogen) atoms. The zero-order chi connectivity index (χ0) is 8.10. The summed E-state index contributed by atoms with van der Waals surface area (Å²) in [6.07, 6.45) is 0. The Balaban J connectivity index is 2.57. The summed E-state index contributed by atoms with van der Waals surface area (Å²) in [7, 11) is 0. The van der Waals surface area contributed by atoms with Gasteiger partial charge in [-0.2, -0.15) is 0 Å². The second-order valence-electron chi connectivity index (χ2n) is 1.94. The molecule has 0 spiro atoms. The molecule has 0 saturated carbocycles. The number of rotatable bonds is 3. The molecule has 0 unspecified atom stereocenters. The van der Waals surface area contributed by atoms with E-state index >= 15 is 0 Å². The lowest BCUT2D eigenvalue weighted by Gasteiger charge is -2.03. The van der Waals surface area contributed by atoms with E-state index < -0.39 is 15.4 Å². The third-order valence-electron chi connectivity index (χ3n) is 1.15. The first kappa shape index (κ1) is 8.21. The lowest BCUT2D eigenvalue weighted by Crippen LogP contribution is -2.28. The summed E-state index contributed by atoms with van der Waals surface area (Å²) in [6, 6.07) is 9.24. The molecule has 0 aliphatic carbocycles. The number of nitroso groups, excluding NO2 is 1. The van der Waals surface area contributed by atoms with Gasteiger partial charge >= 0.3 is 15.4 Å². The van der Waals surface area contributed by atoms with E-state index in [4.69, 9.17) is 5.21 Å². The van der Waals surface area contributed by atoms with Crippen LogP contribution in [-0.2, 0) is 0 Å². The van der Waals surface area contributed by atoms with Crippen LogP contribution in [0.25, 0.3) is 0 Å². The van der Waals surface area contributed by atoms with Crippen LogP contribution in [0.1, 0.15) is 0 Å². The summed E-state index contributed by atoms with van der Waals surface area (Å²) in [6.45, 7) is 0. The van der Waals surface area contributed by atoms with Crippen molar-refractivity contribution in [2.45, 2.75) is 0 Å². The SMILES string of the molecule is O=N[N](O)[Al][c]1ccccc1. The predicted molar refractivity (Wildman–Crippen MR) is 41.3 cm³/mol. The highest BCUT2D eigenvalue weighted by Gasteiger charge is 2.04. The Morgan fingerprint density at radius 3 is 2.55 bits per heavy atom. The van der Waals surface area contributed by atoms with E-state index in [0.29, 0.717) is 4.16 Å². The fourth-order valence-electron chi connectivity index (χ4n) is 0.696. The van der Waals surface area contributed by atoms with Crippen LogP contribution in [0.15, 0.2) is 35.6 Å². The van der Waals surface area contributed by atoms with Gasteiger partial charge in [0.15, 0.2) is 0 Å². The van der Waals surface area contributed by atoms with E-state index in [9.17, 15) is 4.91 Å². The Hall–Kier alpha value is -0.888. The van der Waals surface area contributed by atoms with Crippen LogP contribution in [-0.4, -0.2) is 24.8 Å². The monoisotopic (exact) mass is 165 g/mol. The molecule has 55 valence electrons. The summed E-state index contributed by atoms with van der Waals surface area (Å²) in [5.74, 6) is 0. The van der Waals surface area contributed by atoms with Crippen molar-refractivity contribution in [1.29, 1.82) is 0 Å². The first-order chi connectivity index (χ1) is 5.33. The third kappa shape index (κ3) is 2.68. The van der Waals surface area contributed by atoms with Crippen LogP contribution in [0.5, 0.6) is 0 Å². The summed E-state index contributed by atoms with van der Waals surface area (Å²) in [5.41, 5.74) is 0. The second-order valence-corrected chi connectivity index (χ2v) is 3.33. The van der Waals surface area contributed by atoms with Gasteiger partial charge in [0.1, 0.15) is 0 Å². The summed E-state index contributed by atoms with van der Waals surface area (Å²) >= 11 is -0.595. The predicted octanol–water partition coefficient (Wildman–Crippen LogP) is 0.304. The Morgan fingerprint density at radius 1 is 1.36 bits per heavy atom. The average molecular weight is 165 g/mol. The molecule has 1 rings (SSSR count). The van der Waals surface area contributed by atoms with Gasteiger partial charge in [-0.25, -0.2) is 0 Å². The van der Waals surface area contributed by atoms with Crippen LogP contribution >= 0.6 is 0 Å². The molecule has 0 fully saturated rings. The van der Waals surface area contributed by atoms with Crippen molar-refractivity contribution in [2.24, 2.45) is 5.29 Å². The number of hydrogen-bond donors (Lipinski definition) is 1. The van der Waals surface area contributed by atoms with E-state index in [1.54, 1.807) is 0 Å². The molecular formula is C6H6AlN2O2. The molecule has 0 bridgehead atoms. The molecule has 0 aromatic heterocycles. The van der Waals surface area contributed by atoms with E-state index in [0.717, 1.165) is 4.43 Å². The van der Waals surface area contributed by atoms with Gasteiger partial charge in [0.05, 0.1) is 5.29 Å². The minimum absolute atomic E-state index is 0.440. The molecule has 5 heteroatoms. The molecule has 0 aliphatic heterocycles. The highest BCUT2D eigenvalue weighted by atomic mass is 27.1. The van der Waals surface area contributed by atoms with Crippen LogP contribution < -0.4 is 4.43 Å². The maximum absolute atomic E-state index is 9.76. The topological polar surface area (TPSA) is 52.9 Å². The Morgan fingerprint density at radius 2 is 2.00 bits per heavy atom. The van der Waals surface area contributed by atoms with E-state index in [2.05, 4.69) is 5.29 Å². The fraction of sp³-hybridized carbons (Fsp3) is 0. The second kappa shape index (κ2) is 4.09. The summed E-state index contributed by atoms with van der Waals surface area (Å²) < 4.78 is 1.37. The zero-order valence-electron chi connectivity index (χ0n) is 5.71. The van der Waals surface area contributed by atoms with Gasteiger partial charge < -0.3 is 0 Å². The van der Waals surface area contributed by atoms with Crippen molar-refractivity contribution in [1.82, 2.24) is 4.16 Å². The maximum atomic E-state index is 9.76. The highest BCUT2D eigenvalue weighted by Crippen LogP contribution is 1.83. The lowest BCUT2D eigenvalue weighted by molar-refractivity contribution is 0.00200. The zero-order valence-corrected chi connectivity index (χ0v) is 6.87. The van der Waals surface area contributed by atoms with Crippen molar-refractivity contribution in [2.75, 3.05) is 0 Å². The van der Waals surface area contributed by atoms with Gasteiger partial charge in [-0.05, 0) is 0 Å². The summed E-state index contributed by atoms with van der Waals surface area (Å²) in [5, 5.41) is 11.1. The molecule has 1 aromatic rings. The van der Waals surface area contributed by atoms with Crippen molar-refractivity contribution in [3.63, 3.8) is 0 Å². The van der Waals surface area contributed by atoms with Crippen molar-refractivity contribution in [3.8, 4) is 0 Å². The molecule has 0 heterocycles. The minimum atomic E-state index is -0.595. The van der Waals surface area contributed by atoms with Crippen LogP contribution in [0.4, 0.5) is 0 Å². The number of benzene rings is 1. The van der Waals surface area contributed by atoms with Crippen LogP contribution in [0.3, 0.4) is 0 Å². The first-order valence-electron chi connectivity index (χ1n) is 3.04. The van der Waals surface area contributed by atoms with Crippen molar-refractivity contribution < 1.29 is 5.21 Å². The fourth-order valence-corrected chi connectivity index (χ4v) is 1.40. The van der Waals surface area contributed by atoms with Gasteiger partial charge in [0.25, 0.3) is 0 Å². The highest BCUT2D eigenvalue weighted by molar-refractivity contribution is 6.49. The van der Waals surface area contributed by atoms with E-state index in [1.165, 1.54) is 0 Å². The molecule has 1 aromatic carbocycles. The lowest BCUT2D eigenvalue weighted by atomic mass is 10.4. The molecule has 0 amide bonds. The van der Waals surface area contributed by atoms with Gasteiger partial charge in [-0.15, -0.1) is 4.91 Å². The largest absolute Gasteiger partial charge is 0.498 e. The van der Waals surface area contributed by atoms with Gasteiger partial charge in [-0.3, -0.25) is 9.36 Å². The third-order valence-corrected chi connectivity index (χ3v) is 2.16. The molecule has 0 atom stereocenters. The molecule has 0 saturated heterocycles. The molecule has 0 aliphatic rings. The quantitative estimate of drug-likeness (QED) is 0.398. The minimum Gasteiger partial charge on any atom is -0.296 e. The average Bonchev–Trinajstić information content (AvgIpc) is 2.06. The Bertz CT molecular complexity index is 229. The van der Waals surface area contributed by atoms with Crippen molar-refractivity contribution >= 4 is 19.9 Å². The standard InChI is InChI=1S/C6H5.Al.H2N2O2/c1-2-4-6-5-3-1;;3-1-2-4/h1-5H;;(H2,1,2,3,4)/q;+1;/p-1. The Kier molecular flexibility index (Phi) is 3.05. The number of hydrogen-bond acceptors (Lipinski definition) is 3. The van der Waals surface area contributed by atoms with Gasteiger partial charge in [0.2, 0.25) is 0 Å². The Labute approximate surface area is 70.3 Å². The van der Waals surface area contributed by atoms with Crippen LogP contribution in [0, 0.1) is 4.91 Å². The normalized spacial score (nSPS) is 8.82. The maximum Gasteiger partial charge on any atom is 0.498 e. The first-order valence-corrected chi connectivity index (χ1v) is 4.13. The van der Waals surface area contributed by atoms with Gasteiger partial charge in [-0.1, -0.05) is 34.8 Å². The summed E-state index contributed by atoms with van der Waals surface area (Å²) in [4.78, 5) is 9.76. The van der Waals surface area contributed by atoms with E-state index in [-0.39, 0.29) is 0 Å². The van der Waals surface area contributed by atoms with E-state index in [1.807, 2.05) is 30.3 Å². The molecule has 1 radical (unpaired) electrons. The molecular weight excluding hydrogens is 159 g/mol. The molecule has 1 N–H and O–H groups in total. The van der Waals surface area contributed by atoms with Crippen LogP contribution in [0.2, 0.25) is 0 Å². The smallest absolute Gasteiger partial charge is 0.296 e. The van der Waals surface area contributed by atoms with Crippen molar-refractivity contribution in [3.05, 3.63) is 35.2 Å². The number of nitrogens with zero attached hydrogens (tertiary/aromatic N) is 2. The molecule has 4 nitrogen and oxygen atoms in total. The van der Waals surface area contributed by atoms with Gasteiger partial charge in [0, 0.05) is 0 Å².